The number of rotatable bonds is 9. The third-order valence-electron chi connectivity index (χ3n) is 5.58. The zero-order chi connectivity index (χ0) is 24.9. The third-order valence-corrected chi connectivity index (χ3v) is 5.58. The van der Waals surface area contributed by atoms with Gasteiger partial charge in [-0.2, -0.15) is 4.68 Å². The van der Waals surface area contributed by atoms with Crippen LogP contribution in [0.1, 0.15) is 35.4 Å². The SMILES string of the molecule is CCOc1ccc(C(Cc2ccc(C(=N)N)cc2)c2nn(-c3ncccc3N)c(=O)[nH]2)cc1OC. The van der Waals surface area contributed by atoms with E-state index >= 15 is 0 Å². The zero-order valence-corrected chi connectivity index (χ0v) is 19.5. The molecule has 0 aliphatic heterocycles. The maximum Gasteiger partial charge on any atom is 0.349 e. The lowest BCUT2D eigenvalue weighted by molar-refractivity contribution is 0.310. The summed E-state index contributed by atoms with van der Waals surface area (Å²) < 4.78 is 12.4. The summed E-state index contributed by atoms with van der Waals surface area (Å²) in [5, 5.41) is 12.2. The number of nitrogen functional groups attached to an aromatic ring is 2. The highest BCUT2D eigenvalue weighted by atomic mass is 16.5. The molecule has 0 aliphatic carbocycles. The van der Waals surface area contributed by atoms with Gasteiger partial charge in [0.15, 0.2) is 17.3 Å². The van der Waals surface area contributed by atoms with Crippen LogP contribution >= 0.6 is 0 Å². The number of H-pyrrole nitrogens is 1. The van der Waals surface area contributed by atoms with Gasteiger partial charge in [-0.1, -0.05) is 30.3 Å². The first-order chi connectivity index (χ1) is 16.9. The van der Waals surface area contributed by atoms with E-state index in [2.05, 4.69) is 15.1 Å². The summed E-state index contributed by atoms with van der Waals surface area (Å²) >= 11 is 0. The van der Waals surface area contributed by atoms with Crippen LogP contribution in [-0.2, 0) is 6.42 Å². The molecule has 2 aromatic carbocycles. The molecule has 0 bridgehead atoms. The average molecular weight is 474 g/mol. The molecule has 0 saturated heterocycles. The summed E-state index contributed by atoms with van der Waals surface area (Å²) in [7, 11) is 1.58. The van der Waals surface area contributed by atoms with Crippen LogP contribution in [0.25, 0.3) is 5.82 Å². The topological polar surface area (TPSA) is 158 Å². The first kappa shape index (κ1) is 23.6. The molecule has 4 rings (SSSR count). The molecule has 6 N–H and O–H groups in total. The number of anilines is 1. The Hall–Kier alpha value is -4.60. The van der Waals surface area contributed by atoms with Crippen LogP contribution in [0.3, 0.4) is 0 Å². The molecule has 2 heterocycles. The molecular weight excluding hydrogens is 446 g/mol. The first-order valence-electron chi connectivity index (χ1n) is 11.1. The Kier molecular flexibility index (Phi) is 6.81. The van der Waals surface area contributed by atoms with Crippen molar-refractivity contribution in [1.82, 2.24) is 19.7 Å². The molecule has 0 fully saturated rings. The molecule has 10 heteroatoms. The largest absolute Gasteiger partial charge is 0.493 e. The molecule has 1 atom stereocenters. The average Bonchev–Trinajstić information content (AvgIpc) is 3.24. The molecule has 0 amide bonds. The number of pyridine rings is 1. The van der Waals surface area contributed by atoms with Crippen molar-refractivity contribution in [2.75, 3.05) is 19.5 Å². The predicted octanol–water partition coefficient (Wildman–Crippen LogP) is 2.60. The smallest absolute Gasteiger partial charge is 0.349 e. The van der Waals surface area contributed by atoms with Gasteiger partial charge in [0.05, 0.1) is 19.4 Å². The molecular formula is C25H27N7O3. The van der Waals surface area contributed by atoms with Crippen LogP contribution < -0.4 is 26.6 Å². The van der Waals surface area contributed by atoms with Crippen molar-refractivity contribution >= 4 is 11.5 Å². The Morgan fingerprint density at radius 2 is 1.94 bits per heavy atom. The highest BCUT2D eigenvalue weighted by Gasteiger charge is 2.23. The third kappa shape index (κ3) is 5.01. The molecule has 4 aromatic rings. The number of methoxy groups -OCH3 is 1. The van der Waals surface area contributed by atoms with Gasteiger partial charge < -0.3 is 20.9 Å². The van der Waals surface area contributed by atoms with Crippen LogP contribution in [0.5, 0.6) is 11.5 Å². The van der Waals surface area contributed by atoms with E-state index in [0.717, 1.165) is 11.1 Å². The molecule has 35 heavy (non-hydrogen) atoms. The standard InChI is InChI=1S/C25H27N7O3/c1-3-35-20-11-10-17(14-21(20)34-2)18(13-15-6-8-16(9-7-15)22(27)28)23-30-25(33)32(31-23)24-19(26)5-4-12-29-24/h4-12,14,18H,3,13,26H2,1-2H3,(H3,27,28)(H,30,31,33). The summed E-state index contributed by atoms with van der Waals surface area (Å²) in [6.07, 6.45) is 2.07. The fourth-order valence-electron chi connectivity index (χ4n) is 3.83. The summed E-state index contributed by atoms with van der Waals surface area (Å²) in [6.45, 7) is 2.41. The Balaban J connectivity index is 1.79. The van der Waals surface area contributed by atoms with Crippen molar-refractivity contribution in [3.63, 3.8) is 0 Å². The number of hydrogen-bond acceptors (Lipinski definition) is 7. The van der Waals surface area contributed by atoms with Gasteiger partial charge in [0, 0.05) is 17.7 Å². The highest BCUT2D eigenvalue weighted by molar-refractivity contribution is 5.94. The lowest BCUT2D eigenvalue weighted by atomic mass is 9.90. The minimum Gasteiger partial charge on any atom is -0.493 e. The molecule has 0 spiro atoms. The second kappa shape index (κ2) is 10.1. The molecule has 0 saturated carbocycles. The van der Waals surface area contributed by atoms with E-state index in [1.807, 2.05) is 37.3 Å². The Bertz CT molecular complexity index is 1390. The fourth-order valence-corrected chi connectivity index (χ4v) is 3.83. The number of aromatic amines is 1. The van der Waals surface area contributed by atoms with Crippen molar-refractivity contribution in [1.29, 1.82) is 5.41 Å². The van der Waals surface area contributed by atoms with Gasteiger partial charge in [-0.3, -0.25) is 10.4 Å². The Labute approximate surface area is 202 Å². The van der Waals surface area contributed by atoms with E-state index < -0.39 is 5.69 Å². The quantitative estimate of drug-likeness (QED) is 0.215. The van der Waals surface area contributed by atoms with Gasteiger partial charge in [0.2, 0.25) is 0 Å². The van der Waals surface area contributed by atoms with Gasteiger partial charge in [-0.05, 0) is 48.7 Å². The van der Waals surface area contributed by atoms with E-state index in [4.69, 9.17) is 26.4 Å². The van der Waals surface area contributed by atoms with Crippen LogP contribution in [-0.4, -0.2) is 39.3 Å². The zero-order valence-electron chi connectivity index (χ0n) is 19.5. The number of nitrogens with zero attached hydrogens (tertiary/aromatic N) is 3. The number of benzene rings is 2. The Morgan fingerprint density at radius 3 is 2.60 bits per heavy atom. The number of nitrogens with one attached hydrogen (secondary N) is 2. The van der Waals surface area contributed by atoms with Gasteiger partial charge in [-0.15, -0.1) is 5.10 Å². The van der Waals surface area contributed by atoms with Crippen LogP contribution in [0.2, 0.25) is 0 Å². The highest BCUT2D eigenvalue weighted by Crippen LogP contribution is 2.34. The number of aromatic nitrogens is 4. The van der Waals surface area contributed by atoms with Crippen molar-refractivity contribution in [2.24, 2.45) is 5.73 Å². The first-order valence-corrected chi connectivity index (χ1v) is 11.1. The van der Waals surface area contributed by atoms with Gasteiger partial charge >= 0.3 is 5.69 Å². The minimum absolute atomic E-state index is 0.000345. The maximum atomic E-state index is 12.8. The lowest BCUT2D eigenvalue weighted by Crippen LogP contribution is -2.18. The summed E-state index contributed by atoms with van der Waals surface area (Å²) in [6, 6.07) is 16.4. The van der Waals surface area contributed by atoms with Crippen molar-refractivity contribution in [3.05, 3.63) is 93.8 Å². The number of amidine groups is 1. The van der Waals surface area contributed by atoms with Crippen molar-refractivity contribution in [3.8, 4) is 17.3 Å². The monoisotopic (exact) mass is 473 g/mol. The normalized spacial score (nSPS) is 11.7. The minimum atomic E-state index is -0.444. The summed E-state index contributed by atoms with van der Waals surface area (Å²) in [5.74, 6) is 1.58. The van der Waals surface area contributed by atoms with Gasteiger partial charge in [0.1, 0.15) is 11.7 Å². The van der Waals surface area contributed by atoms with Gasteiger partial charge in [-0.25, -0.2) is 9.78 Å². The summed E-state index contributed by atoms with van der Waals surface area (Å²) in [5.41, 5.74) is 14.0. The Morgan fingerprint density at radius 1 is 1.17 bits per heavy atom. The molecule has 0 aliphatic rings. The lowest BCUT2D eigenvalue weighted by Gasteiger charge is -2.18. The van der Waals surface area contributed by atoms with E-state index in [0.29, 0.717) is 41.6 Å². The van der Waals surface area contributed by atoms with E-state index in [1.54, 1.807) is 37.6 Å². The number of ether oxygens (including phenoxy) is 2. The fraction of sp³-hybridized carbons (Fsp3) is 0.200. The number of nitrogens with two attached hydrogens (primary N) is 2. The van der Waals surface area contributed by atoms with E-state index in [-0.39, 0.29) is 17.6 Å². The van der Waals surface area contributed by atoms with Crippen LogP contribution in [0.4, 0.5) is 5.69 Å². The summed E-state index contributed by atoms with van der Waals surface area (Å²) in [4.78, 5) is 19.9. The molecule has 10 nitrogen and oxygen atoms in total. The van der Waals surface area contributed by atoms with Crippen molar-refractivity contribution in [2.45, 2.75) is 19.3 Å². The molecule has 2 aromatic heterocycles. The second-order valence-corrected chi connectivity index (χ2v) is 7.85. The van der Waals surface area contributed by atoms with Crippen molar-refractivity contribution < 1.29 is 9.47 Å². The van der Waals surface area contributed by atoms with Crippen LogP contribution in [0.15, 0.2) is 65.6 Å². The molecule has 1 unspecified atom stereocenters. The molecule has 0 radical (unpaired) electrons. The maximum absolute atomic E-state index is 12.8. The number of hydrogen-bond donors (Lipinski definition) is 4. The van der Waals surface area contributed by atoms with Gasteiger partial charge in [0.25, 0.3) is 0 Å². The van der Waals surface area contributed by atoms with E-state index in [9.17, 15) is 4.79 Å². The molecule has 180 valence electrons. The second-order valence-electron chi connectivity index (χ2n) is 7.85. The predicted molar refractivity (Wildman–Crippen MR) is 134 cm³/mol. The van der Waals surface area contributed by atoms with Crippen LogP contribution in [0, 0.1) is 5.41 Å². The van der Waals surface area contributed by atoms with E-state index in [1.165, 1.54) is 4.68 Å².